The maximum absolute atomic E-state index is 13.5. The van der Waals surface area contributed by atoms with Crippen LogP contribution in [0.2, 0.25) is 0 Å². The lowest BCUT2D eigenvalue weighted by Gasteiger charge is -2.24. The number of unbranched alkanes of at least 4 members (excludes halogenated alkanes) is 27. The van der Waals surface area contributed by atoms with Gasteiger partial charge >= 0.3 is 41.8 Å². The van der Waals surface area contributed by atoms with E-state index in [4.69, 9.17) is 37.9 Å². The monoisotopic (exact) mass is 1110 g/mol. The van der Waals surface area contributed by atoms with Crippen molar-refractivity contribution in [2.45, 2.75) is 309 Å². The number of carbonyl (C=O) groups is 7. The Balaban J connectivity index is 2.83. The van der Waals surface area contributed by atoms with E-state index in [2.05, 4.69) is 20.8 Å². The Bertz CT molecular complexity index is 1540. The van der Waals surface area contributed by atoms with Gasteiger partial charge in [-0.2, -0.15) is 0 Å². The maximum atomic E-state index is 13.5. The average Bonchev–Trinajstić information content (AvgIpc) is 3.74. The van der Waals surface area contributed by atoms with E-state index in [1.165, 1.54) is 38.5 Å². The molecule has 4 atom stereocenters. The molecule has 16 nitrogen and oxygen atoms in total. The van der Waals surface area contributed by atoms with E-state index in [9.17, 15) is 33.6 Å². The molecule has 454 valence electrons. The molecule has 0 aliphatic carbocycles. The number of rotatable bonds is 54. The van der Waals surface area contributed by atoms with Crippen molar-refractivity contribution in [1.82, 2.24) is 4.90 Å². The summed E-state index contributed by atoms with van der Waals surface area (Å²) in [5.74, 6) is -2.49. The summed E-state index contributed by atoms with van der Waals surface area (Å²) >= 11 is 0. The van der Waals surface area contributed by atoms with Gasteiger partial charge in [-0.3, -0.25) is 33.6 Å². The molecule has 0 aromatic carbocycles. The summed E-state index contributed by atoms with van der Waals surface area (Å²) < 4.78 is 45.9. The molecule has 1 aliphatic rings. The molecule has 1 heterocycles. The molecule has 0 aromatic rings. The molecule has 78 heavy (non-hydrogen) atoms. The van der Waals surface area contributed by atoms with Crippen LogP contribution < -0.4 is 0 Å². The highest BCUT2D eigenvalue weighted by Gasteiger charge is 2.52. The zero-order chi connectivity index (χ0) is 57.1. The number of carbonyl (C=O) groups excluding carboxylic acids is 7. The Hall–Kier alpha value is -3.79. The van der Waals surface area contributed by atoms with E-state index < -0.39 is 48.5 Å². The van der Waals surface area contributed by atoms with E-state index in [-0.39, 0.29) is 50.2 Å². The topological polar surface area (TPSA) is 197 Å². The van der Waals surface area contributed by atoms with Crippen molar-refractivity contribution in [2.75, 3.05) is 47.1 Å². The fourth-order valence-electron chi connectivity index (χ4n) is 9.21. The predicted molar refractivity (Wildman–Crippen MR) is 303 cm³/mol. The molecule has 0 aromatic heterocycles. The SMILES string of the molecule is CCCCCCCC(=O)OCCCCCCCCC(=O)OC1[C@H](OC(=O)CCCCCCCCOC(=O)CCCCCCC)O[C@H](COC(=O)CCCN(C)C)[C@@H]1OC(=O)CCCCCCCCOC(=O)CCCCCCC. The van der Waals surface area contributed by atoms with Crippen molar-refractivity contribution in [1.29, 1.82) is 0 Å². The molecule has 1 aliphatic heterocycles. The standard InChI is InChI=1S/C62H111NO15/c1-6-9-12-21-30-40-53(64)71-48-36-27-18-15-24-33-43-57(68)76-60-52(51-74-56(67)46-39-47-63(4)5)75-62(78-59(70)45-35-26-17-20-29-38-50-73-55(66)42-32-23-14-11-8-3)61(60)77-58(69)44-34-25-16-19-28-37-49-72-54(65)41-31-22-13-10-7-2/h52,60-62H,6-51H2,1-5H3/t52-,60+,61?,62+/m1/s1. The molecule has 0 N–H and O–H groups in total. The van der Waals surface area contributed by atoms with Gasteiger partial charge in [0.1, 0.15) is 12.7 Å². The highest BCUT2D eigenvalue weighted by Crippen LogP contribution is 2.30. The molecule has 1 fully saturated rings. The molecule has 0 bridgehead atoms. The lowest BCUT2D eigenvalue weighted by Crippen LogP contribution is -2.42. The molecule has 0 saturated carbocycles. The average molecular weight is 1110 g/mol. The van der Waals surface area contributed by atoms with Crippen LogP contribution >= 0.6 is 0 Å². The number of nitrogens with zero attached hydrogens (tertiary/aromatic N) is 1. The molecule has 16 heteroatoms. The van der Waals surface area contributed by atoms with Gasteiger partial charge in [-0.15, -0.1) is 0 Å². The summed E-state index contributed by atoms with van der Waals surface area (Å²) in [6, 6.07) is 0. The van der Waals surface area contributed by atoms with E-state index in [0.29, 0.717) is 71.3 Å². The van der Waals surface area contributed by atoms with Crippen LogP contribution in [0.25, 0.3) is 0 Å². The van der Waals surface area contributed by atoms with Crippen molar-refractivity contribution in [2.24, 2.45) is 0 Å². The largest absolute Gasteiger partial charge is 0.466 e. The molecule has 0 spiro atoms. The molecule has 1 saturated heterocycles. The number of hydrogen-bond acceptors (Lipinski definition) is 16. The first-order valence-corrected chi connectivity index (χ1v) is 31.4. The molecule has 1 unspecified atom stereocenters. The van der Waals surface area contributed by atoms with Gasteiger partial charge in [0.05, 0.1) is 19.8 Å². The van der Waals surface area contributed by atoms with Gasteiger partial charge in [0, 0.05) is 44.9 Å². The van der Waals surface area contributed by atoms with Crippen LogP contribution in [0, 0.1) is 0 Å². The van der Waals surface area contributed by atoms with Crippen molar-refractivity contribution >= 4 is 41.8 Å². The van der Waals surface area contributed by atoms with E-state index in [1.807, 2.05) is 19.0 Å². The van der Waals surface area contributed by atoms with E-state index in [0.717, 1.165) is 154 Å². The Morgan fingerprint density at radius 1 is 0.321 bits per heavy atom. The van der Waals surface area contributed by atoms with Crippen LogP contribution in [-0.4, -0.2) is 118 Å². The Morgan fingerprint density at radius 3 is 0.962 bits per heavy atom. The van der Waals surface area contributed by atoms with Crippen LogP contribution in [-0.2, 0) is 71.5 Å². The van der Waals surface area contributed by atoms with Gasteiger partial charge in [-0.25, -0.2) is 0 Å². The third kappa shape index (κ3) is 43.1. The van der Waals surface area contributed by atoms with Crippen LogP contribution in [0.15, 0.2) is 0 Å². The highest BCUT2D eigenvalue weighted by molar-refractivity contribution is 5.72. The second-order valence-electron chi connectivity index (χ2n) is 21.8. The Kier molecular flexibility index (Phi) is 47.6. The van der Waals surface area contributed by atoms with Gasteiger partial charge in [-0.05, 0) is 84.8 Å². The smallest absolute Gasteiger partial charge is 0.308 e. The first-order chi connectivity index (χ1) is 37.9. The van der Waals surface area contributed by atoms with Gasteiger partial charge in [0.25, 0.3) is 0 Å². The van der Waals surface area contributed by atoms with Gasteiger partial charge in [0.2, 0.25) is 12.4 Å². The quantitative estimate of drug-likeness (QED) is 0.0316. The van der Waals surface area contributed by atoms with Crippen molar-refractivity contribution in [3.8, 4) is 0 Å². The van der Waals surface area contributed by atoms with E-state index in [1.54, 1.807) is 0 Å². The van der Waals surface area contributed by atoms with Crippen LogP contribution in [0.3, 0.4) is 0 Å². The minimum atomic E-state index is -1.39. The second kappa shape index (κ2) is 51.4. The Morgan fingerprint density at radius 2 is 0.603 bits per heavy atom. The van der Waals surface area contributed by atoms with Crippen molar-refractivity contribution in [3.05, 3.63) is 0 Å². The number of ether oxygens (including phenoxy) is 8. The summed E-state index contributed by atoms with van der Waals surface area (Å²) in [5, 5.41) is 0. The zero-order valence-electron chi connectivity index (χ0n) is 49.9. The molecule has 1 rings (SSSR count). The molecular weight excluding hydrogens is 999 g/mol. The fourth-order valence-corrected chi connectivity index (χ4v) is 9.21. The zero-order valence-corrected chi connectivity index (χ0v) is 49.9. The van der Waals surface area contributed by atoms with E-state index >= 15 is 0 Å². The third-order valence-corrected chi connectivity index (χ3v) is 14.0. The molecule has 0 radical (unpaired) electrons. The van der Waals surface area contributed by atoms with Crippen LogP contribution in [0.4, 0.5) is 0 Å². The summed E-state index contributed by atoms with van der Waals surface area (Å²) in [6.45, 7) is 8.14. The van der Waals surface area contributed by atoms with Gasteiger partial charge in [-0.1, -0.05) is 175 Å². The summed E-state index contributed by atoms with van der Waals surface area (Å²) in [4.78, 5) is 91.3. The lowest BCUT2D eigenvalue weighted by atomic mass is 10.1. The number of esters is 7. The first kappa shape index (κ1) is 72.2. The highest BCUT2D eigenvalue weighted by atomic mass is 16.8. The van der Waals surface area contributed by atoms with Gasteiger partial charge in [0.15, 0.2) is 6.10 Å². The number of hydrogen-bond donors (Lipinski definition) is 0. The maximum Gasteiger partial charge on any atom is 0.308 e. The summed E-state index contributed by atoms with van der Waals surface area (Å²) in [7, 11) is 3.83. The summed E-state index contributed by atoms with van der Waals surface area (Å²) in [6.07, 6.45) is 28.4. The third-order valence-electron chi connectivity index (χ3n) is 14.0. The minimum absolute atomic E-state index is 0.0857. The minimum Gasteiger partial charge on any atom is -0.466 e. The lowest BCUT2D eigenvalue weighted by molar-refractivity contribution is -0.200. The Labute approximate surface area is 472 Å². The predicted octanol–water partition coefficient (Wildman–Crippen LogP) is 13.9. The second-order valence-corrected chi connectivity index (χ2v) is 21.8. The molecule has 0 amide bonds. The molecular formula is C62H111NO15. The van der Waals surface area contributed by atoms with Crippen molar-refractivity contribution in [3.63, 3.8) is 0 Å². The van der Waals surface area contributed by atoms with Crippen molar-refractivity contribution < 1.29 is 71.5 Å². The van der Waals surface area contributed by atoms with Crippen LogP contribution in [0.5, 0.6) is 0 Å². The summed E-state index contributed by atoms with van der Waals surface area (Å²) in [5.41, 5.74) is 0. The first-order valence-electron chi connectivity index (χ1n) is 31.4. The fraction of sp³-hybridized carbons (Fsp3) is 0.887. The van der Waals surface area contributed by atoms with Gasteiger partial charge < -0.3 is 42.8 Å². The van der Waals surface area contributed by atoms with Crippen LogP contribution in [0.1, 0.15) is 284 Å². The normalized spacial score (nSPS) is 16.0.